The first kappa shape index (κ1) is 24.2. The van der Waals surface area contributed by atoms with Gasteiger partial charge < -0.3 is 29.3 Å². The maximum atomic E-state index is 12.7. The van der Waals surface area contributed by atoms with Gasteiger partial charge in [0.2, 0.25) is 17.6 Å². The van der Waals surface area contributed by atoms with Gasteiger partial charge in [0.25, 0.3) is 0 Å². The predicted octanol–water partition coefficient (Wildman–Crippen LogP) is 2.84. The van der Waals surface area contributed by atoms with Crippen LogP contribution in [0.5, 0.6) is 17.2 Å². The minimum absolute atomic E-state index is 0.0559. The monoisotopic (exact) mass is 447 g/mol. The van der Waals surface area contributed by atoms with Gasteiger partial charge in [-0.15, -0.1) is 0 Å². The lowest BCUT2D eigenvalue weighted by atomic mass is 10.0. The molecule has 8 heteroatoms. The van der Waals surface area contributed by atoms with E-state index >= 15 is 0 Å². The molecule has 8 nitrogen and oxygen atoms in total. The van der Waals surface area contributed by atoms with Crippen LogP contribution in [0.25, 0.3) is 0 Å². The van der Waals surface area contributed by atoms with Crippen LogP contribution in [0.4, 0.5) is 5.69 Å². The molecule has 2 heterocycles. The molecule has 2 fully saturated rings. The molecule has 3 rings (SSSR count). The molecule has 2 saturated heterocycles. The number of unbranched alkanes of at least 4 members (excludes halogenated alkanes) is 1. The molecule has 0 aliphatic carbocycles. The second kappa shape index (κ2) is 11.4. The van der Waals surface area contributed by atoms with Crippen molar-refractivity contribution in [1.82, 2.24) is 10.2 Å². The summed E-state index contributed by atoms with van der Waals surface area (Å²) in [6.07, 6.45) is 6.14. The van der Waals surface area contributed by atoms with Crippen molar-refractivity contribution >= 4 is 17.5 Å². The van der Waals surface area contributed by atoms with E-state index in [0.717, 1.165) is 19.4 Å². The highest BCUT2D eigenvalue weighted by Gasteiger charge is 2.35. The van der Waals surface area contributed by atoms with Gasteiger partial charge in [-0.25, -0.2) is 0 Å². The lowest BCUT2D eigenvalue weighted by molar-refractivity contribution is -0.126. The standard InChI is InChI=1S/C24H37N3O5/c1-17-9-5-7-11-26(17)12-8-6-10-25-24(29)18-13-22(28)27(16-18)19-14-20(30-2)23(32-4)21(15-19)31-3/h14-15,17-18H,5-13,16H2,1-4H3,(H,25,29). The van der Waals surface area contributed by atoms with Crippen molar-refractivity contribution in [2.75, 3.05) is 52.4 Å². The van der Waals surface area contributed by atoms with Gasteiger partial charge >= 0.3 is 0 Å². The zero-order valence-electron chi connectivity index (χ0n) is 19.8. The van der Waals surface area contributed by atoms with E-state index in [2.05, 4.69) is 17.1 Å². The van der Waals surface area contributed by atoms with E-state index in [-0.39, 0.29) is 24.2 Å². The van der Waals surface area contributed by atoms with Crippen LogP contribution in [-0.2, 0) is 9.59 Å². The van der Waals surface area contributed by atoms with Crippen LogP contribution in [0.1, 0.15) is 45.4 Å². The molecule has 2 unspecified atom stereocenters. The van der Waals surface area contributed by atoms with Gasteiger partial charge in [-0.2, -0.15) is 0 Å². The fraction of sp³-hybridized carbons (Fsp3) is 0.667. The van der Waals surface area contributed by atoms with Gasteiger partial charge in [-0.1, -0.05) is 6.42 Å². The summed E-state index contributed by atoms with van der Waals surface area (Å²) < 4.78 is 16.1. The number of likely N-dealkylation sites (tertiary alicyclic amines) is 1. The first-order valence-corrected chi connectivity index (χ1v) is 11.6. The van der Waals surface area contributed by atoms with Crippen LogP contribution in [-0.4, -0.2) is 70.3 Å². The molecule has 2 aliphatic rings. The Morgan fingerprint density at radius 3 is 2.44 bits per heavy atom. The normalized spacial score (nSPS) is 21.5. The first-order chi connectivity index (χ1) is 15.5. The van der Waals surface area contributed by atoms with E-state index in [4.69, 9.17) is 14.2 Å². The SMILES string of the molecule is COc1cc(N2CC(C(=O)NCCCCN3CCCCC3C)CC2=O)cc(OC)c1OC. The van der Waals surface area contributed by atoms with E-state index in [1.54, 1.807) is 17.0 Å². The molecule has 1 aromatic carbocycles. The molecule has 1 N–H and O–H groups in total. The van der Waals surface area contributed by atoms with Crippen LogP contribution in [0.2, 0.25) is 0 Å². The molecule has 2 amide bonds. The average Bonchev–Trinajstić information content (AvgIpc) is 3.20. The third kappa shape index (κ3) is 5.65. The van der Waals surface area contributed by atoms with Gasteiger partial charge in [-0.05, 0) is 45.7 Å². The summed E-state index contributed by atoms with van der Waals surface area (Å²) in [6, 6.07) is 4.14. The van der Waals surface area contributed by atoms with Gasteiger partial charge in [-0.3, -0.25) is 9.59 Å². The molecule has 0 radical (unpaired) electrons. The lowest BCUT2D eigenvalue weighted by Crippen LogP contribution is -2.38. The Bertz CT molecular complexity index is 775. The molecule has 1 aromatic rings. The van der Waals surface area contributed by atoms with Crippen LogP contribution in [0.15, 0.2) is 12.1 Å². The van der Waals surface area contributed by atoms with Crippen LogP contribution in [0.3, 0.4) is 0 Å². The largest absolute Gasteiger partial charge is 0.493 e. The fourth-order valence-corrected chi connectivity index (χ4v) is 4.64. The highest BCUT2D eigenvalue weighted by Crippen LogP contribution is 2.42. The Morgan fingerprint density at radius 2 is 1.81 bits per heavy atom. The van der Waals surface area contributed by atoms with Crippen LogP contribution < -0.4 is 24.4 Å². The van der Waals surface area contributed by atoms with Gasteiger partial charge in [0.05, 0.1) is 32.9 Å². The minimum atomic E-state index is -0.358. The summed E-state index contributed by atoms with van der Waals surface area (Å²) in [5, 5.41) is 3.02. The highest BCUT2D eigenvalue weighted by molar-refractivity contribution is 6.00. The summed E-state index contributed by atoms with van der Waals surface area (Å²) in [5.41, 5.74) is 0.635. The number of carbonyl (C=O) groups is 2. The van der Waals surface area contributed by atoms with Crippen molar-refractivity contribution in [3.05, 3.63) is 12.1 Å². The van der Waals surface area contributed by atoms with Crippen molar-refractivity contribution in [1.29, 1.82) is 0 Å². The lowest BCUT2D eigenvalue weighted by Gasteiger charge is -2.33. The molecule has 0 bridgehead atoms. The summed E-state index contributed by atoms with van der Waals surface area (Å²) in [7, 11) is 4.61. The van der Waals surface area contributed by atoms with Gasteiger partial charge in [0.1, 0.15) is 0 Å². The topological polar surface area (TPSA) is 80.3 Å². The Balaban J connectivity index is 1.50. The fourth-order valence-electron chi connectivity index (χ4n) is 4.64. The summed E-state index contributed by atoms with van der Waals surface area (Å²) in [4.78, 5) is 29.5. The van der Waals surface area contributed by atoms with Gasteiger partial charge in [0.15, 0.2) is 11.5 Å². The minimum Gasteiger partial charge on any atom is -0.493 e. The quantitative estimate of drug-likeness (QED) is 0.556. The summed E-state index contributed by atoms with van der Waals surface area (Å²) in [5.74, 6) is 0.927. The maximum absolute atomic E-state index is 12.7. The molecule has 178 valence electrons. The van der Waals surface area contributed by atoms with E-state index in [1.807, 2.05) is 0 Å². The molecule has 2 aliphatic heterocycles. The van der Waals surface area contributed by atoms with Gasteiger partial charge in [0, 0.05) is 37.7 Å². The van der Waals surface area contributed by atoms with Crippen LogP contribution in [0, 0.1) is 5.92 Å². The van der Waals surface area contributed by atoms with Crippen molar-refractivity contribution in [2.45, 2.75) is 51.5 Å². The number of hydrogen-bond acceptors (Lipinski definition) is 6. The molecule has 32 heavy (non-hydrogen) atoms. The zero-order chi connectivity index (χ0) is 23.1. The number of amides is 2. The molecule has 0 aromatic heterocycles. The third-order valence-corrected chi connectivity index (χ3v) is 6.57. The van der Waals surface area contributed by atoms with Crippen LogP contribution >= 0.6 is 0 Å². The average molecular weight is 448 g/mol. The van der Waals surface area contributed by atoms with Crippen molar-refractivity contribution in [3.8, 4) is 17.2 Å². The first-order valence-electron chi connectivity index (χ1n) is 11.6. The number of ether oxygens (including phenoxy) is 3. The Hall–Kier alpha value is -2.48. The molecule has 0 spiro atoms. The predicted molar refractivity (Wildman–Crippen MR) is 124 cm³/mol. The van der Waals surface area contributed by atoms with E-state index in [9.17, 15) is 9.59 Å². The van der Waals surface area contributed by atoms with Crippen molar-refractivity contribution in [2.24, 2.45) is 5.92 Å². The highest BCUT2D eigenvalue weighted by atomic mass is 16.5. The molecular formula is C24H37N3O5. The number of anilines is 1. The second-order valence-electron chi connectivity index (χ2n) is 8.67. The number of rotatable bonds is 10. The number of piperidine rings is 1. The Morgan fingerprint density at radius 1 is 1.09 bits per heavy atom. The summed E-state index contributed by atoms with van der Waals surface area (Å²) in [6.45, 7) is 5.57. The summed E-state index contributed by atoms with van der Waals surface area (Å²) >= 11 is 0. The zero-order valence-corrected chi connectivity index (χ0v) is 19.8. The number of benzene rings is 1. The van der Waals surface area contributed by atoms with E-state index < -0.39 is 0 Å². The van der Waals surface area contributed by atoms with E-state index in [1.165, 1.54) is 47.1 Å². The number of nitrogens with zero attached hydrogens (tertiary/aromatic N) is 2. The van der Waals surface area contributed by atoms with Crippen molar-refractivity contribution in [3.63, 3.8) is 0 Å². The van der Waals surface area contributed by atoms with E-state index in [0.29, 0.717) is 42.1 Å². The third-order valence-electron chi connectivity index (χ3n) is 6.57. The Kier molecular flexibility index (Phi) is 8.61. The number of hydrogen-bond donors (Lipinski definition) is 1. The number of methoxy groups -OCH3 is 3. The molecular weight excluding hydrogens is 410 g/mol. The van der Waals surface area contributed by atoms with Crippen molar-refractivity contribution < 1.29 is 23.8 Å². The number of carbonyl (C=O) groups excluding carboxylic acids is 2. The molecule has 2 atom stereocenters. The Labute approximate surface area is 191 Å². The molecule has 0 saturated carbocycles. The maximum Gasteiger partial charge on any atom is 0.227 e. The second-order valence-corrected chi connectivity index (χ2v) is 8.67. The number of nitrogens with one attached hydrogen (secondary N) is 1. The smallest absolute Gasteiger partial charge is 0.227 e.